The van der Waals surface area contributed by atoms with Crippen LogP contribution in [0.5, 0.6) is 0 Å². The Morgan fingerprint density at radius 2 is 0.431 bits per heavy atom. The first-order chi connectivity index (χ1) is 24.2. The van der Waals surface area contributed by atoms with Gasteiger partial charge in [-0.1, -0.05) is 0 Å². The minimum atomic E-state index is -10.5. The molecule has 0 N–H and O–H groups in total. The average Bonchev–Trinajstić information content (AvgIpc) is 3.09. The molecule has 0 bridgehead atoms. The second kappa shape index (κ2) is 12.2. The molecule has 1 heterocycles. The van der Waals surface area contributed by atoms with Gasteiger partial charge in [0.25, 0.3) is 0 Å². The van der Waals surface area contributed by atoms with Gasteiger partial charge in [-0.05, 0) is 0 Å². The molecule has 2 unspecified atom stereocenters. The first kappa shape index (κ1) is 53.3. The summed E-state index contributed by atoms with van der Waals surface area (Å²) < 4.78 is 517. The van der Waals surface area contributed by atoms with E-state index >= 15 is 8.78 Å². The lowest BCUT2D eigenvalue weighted by molar-refractivity contribution is -0.492. The van der Waals surface area contributed by atoms with Crippen LogP contribution < -0.4 is 0 Å². The van der Waals surface area contributed by atoms with Crippen LogP contribution in [0.4, 0.5) is 167 Å². The molecule has 1 aliphatic rings. The predicted molar refractivity (Wildman–Crippen MR) is 95.1 cm³/mol. The van der Waals surface area contributed by atoms with Crippen molar-refractivity contribution in [3.05, 3.63) is 0 Å². The van der Waals surface area contributed by atoms with Gasteiger partial charge in [-0.25, -0.2) is 8.78 Å². The van der Waals surface area contributed by atoms with Gasteiger partial charge < -0.3 is 0 Å². The van der Waals surface area contributed by atoms with E-state index in [2.05, 4.69) is 0 Å². The lowest BCUT2D eigenvalue weighted by Gasteiger charge is -2.49. The van der Waals surface area contributed by atoms with Crippen molar-refractivity contribution in [3.8, 4) is 0 Å². The van der Waals surface area contributed by atoms with Gasteiger partial charge in [0.1, 0.15) is 0 Å². The van der Waals surface area contributed by atoms with Gasteiger partial charge in [-0.15, -0.1) is 0 Å². The Morgan fingerprint density at radius 3 is 0.655 bits per heavy atom. The molecule has 0 spiro atoms. The Hall–Kier alpha value is -2.70. The molecule has 0 aromatic heterocycles. The van der Waals surface area contributed by atoms with Gasteiger partial charge in [-0.2, -0.15) is 158 Å². The topological polar surface area (TPSA) is 9.23 Å². The SMILES string of the molecule is FC(F)(F)C(F)(F)C(F)(F)C(F)(F)C(F)(F)C(F)(F)C(F)(F)C(F)(F)C(F)(F)C1(F)OC(F)(F)C(F)(F)C1(F)C(F)(F)C(F)(F)C(F)(F)C(F)(F)C(F)(F)C(F)(F)F. The van der Waals surface area contributed by atoms with E-state index in [0.717, 1.165) is 4.74 Å². The molecule has 1 rings (SSSR count). The summed E-state index contributed by atoms with van der Waals surface area (Å²) in [6.07, 6.45) is -25.9. The lowest BCUT2D eigenvalue weighted by Crippen LogP contribution is -2.83. The van der Waals surface area contributed by atoms with Gasteiger partial charge in [0.15, 0.2) is 0 Å². The third-order valence-corrected chi connectivity index (χ3v) is 7.40. The van der Waals surface area contributed by atoms with Crippen molar-refractivity contribution < 1.29 is 172 Å². The summed E-state index contributed by atoms with van der Waals surface area (Å²) in [5, 5.41) is 0. The highest BCUT2D eigenvalue weighted by atomic mass is 19.4. The smallest absolute Gasteiger partial charge is 0.269 e. The Balaban J connectivity index is 4.46. The molecule has 58 heavy (non-hydrogen) atoms. The second-order valence-electron chi connectivity index (χ2n) is 10.9. The van der Waals surface area contributed by atoms with E-state index in [4.69, 9.17) is 0 Å². The molecule has 1 aliphatic heterocycles. The van der Waals surface area contributed by atoms with Crippen molar-refractivity contribution >= 4 is 0 Å². The van der Waals surface area contributed by atoms with Gasteiger partial charge in [-0.3, -0.25) is 4.74 Å². The van der Waals surface area contributed by atoms with E-state index in [1.165, 1.54) is 0 Å². The zero-order chi connectivity index (χ0) is 48.2. The Labute approximate surface area is 286 Å². The lowest BCUT2D eigenvalue weighted by atomic mass is 9.74. The molecule has 0 aromatic carbocycles. The monoisotopic (exact) mass is 966 g/mol. The highest BCUT2D eigenvalue weighted by molar-refractivity contribution is 5.31. The van der Waals surface area contributed by atoms with E-state index in [1.807, 2.05) is 0 Å². The van der Waals surface area contributed by atoms with Crippen LogP contribution in [-0.2, 0) is 4.74 Å². The molecule has 0 radical (unpaired) electrons. The van der Waals surface area contributed by atoms with Crippen molar-refractivity contribution in [2.24, 2.45) is 0 Å². The number of rotatable bonds is 13. The first-order valence-corrected chi connectivity index (χ1v) is 12.1. The fourth-order valence-corrected chi connectivity index (χ4v) is 3.94. The van der Waals surface area contributed by atoms with Crippen molar-refractivity contribution in [1.82, 2.24) is 0 Å². The van der Waals surface area contributed by atoms with Crippen LogP contribution in [0.15, 0.2) is 0 Å². The molecular formula is C19F38O. The van der Waals surface area contributed by atoms with E-state index in [-0.39, 0.29) is 0 Å². The molecular weight excluding hydrogens is 966 g/mol. The number of alkyl halides is 38. The molecule has 348 valence electrons. The van der Waals surface area contributed by atoms with Gasteiger partial charge >= 0.3 is 113 Å². The maximum absolute atomic E-state index is 15.1. The van der Waals surface area contributed by atoms with Crippen LogP contribution in [0.3, 0.4) is 0 Å². The summed E-state index contributed by atoms with van der Waals surface area (Å²) in [5.41, 5.74) is -10.4. The van der Waals surface area contributed by atoms with Crippen molar-refractivity contribution in [1.29, 1.82) is 0 Å². The fourth-order valence-electron chi connectivity index (χ4n) is 3.94. The zero-order valence-electron chi connectivity index (χ0n) is 24.3. The molecule has 1 saturated heterocycles. The Bertz CT molecular complexity index is 1560. The molecule has 1 fully saturated rings. The quantitative estimate of drug-likeness (QED) is 0.167. The van der Waals surface area contributed by atoms with Crippen LogP contribution in [-0.4, -0.2) is 113 Å². The third-order valence-electron chi connectivity index (χ3n) is 7.40. The second-order valence-corrected chi connectivity index (χ2v) is 10.9. The molecule has 0 amide bonds. The normalized spacial score (nSPS) is 24.7. The predicted octanol–water partition coefficient (Wildman–Crippen LogP) is 12.0. The third kappa shape index (κ3) is 5.34. The van der Waals surface area contributed by atoms with Crippen LogP contribution in [0.2, 0.25) is 0 Å². The van der Waals surface area contributed by atoms with Crippen LogP contribution >= 0.6 is 0 Å². The van der Waals surface area contributed by atoms with E-state index in [9.17, 15) is 158 Å². The zero-order valence-corrected chi connectivity index (χ0v) is 24.3. The summed E-state index contributed by atoms with van der Waals surface area (Å²) in [5.74, 6) is -150. The molecule has 0 aliphatic carbocycles. The van der Waals surface area contributed by atoms with Crippen molar-refractivity contribution in [2.75, 3.05) is 0 Å². The minimum absolute atomic E-state index is 0.830. The van der Waals surface area contributed by atoms with Gasteiger partial charge in [0.05, 0.1) is 0 Å². The van der Waals surface area contributed by atoms with Crippen molar-refractivity contribution in [2.45, 2.75) is 113 Å². The summed E-state index contributed by atoms with van der Waals surface area (Å²) in [7, 11) is 0. The molecule has 39 heteroatoms. The summed E-state index contributed by atoms with van der Waals surface area (Å²) in [6.45, 7) is 0. The largest absolute Gasteiger partial charge is 0.460 e. The van der Waals surface area contributed by atoms with Crippen LogP contribution in [0, 0.1) is 0 Å². The van der Waals surface area contributed by atoms with Crippen LogP contribution in [0.1, 0.15) is 0 Å². The molecule has 0 saturated carbocycles. The summed E-state index contributed by atoms with van der Waals surface area (Å²) in [4.78, 5) is 0. The molecule has 0 aromatic rings. The standard InChI is InChI=1S/C19F38O/c20-1(2(21,22)4(25,26)5(27,28)11(39,40)14(45,46)17(50,51)52)3(23,24)19(56,57)58-16(1,49)13(43,44)10(37,38)8(33,34)6(29,30)7(31,32)9(35,36)12(41,42)15(47,48)18(53,54)55. The van der Waals surface area contributed by atoms with Gasteiger partial charge in [0, 0.05) is 0 Å². The van der Waals surface area contributed by atoms with Crippen molar-refractivity contribution in [3.63, 3.8) is 0 Å². The maximum Gasteiger partial charge on any atom is 0.460 e. The molecule has 2 atom stereocenters. The summed E-state index contributed by atoms with van der Waals surface area (Å²) >= 11 is 0. The van der Waals surface area contributed by atoms with E-state index < -0.39 is 113 Å². The fraction of sp³-hybridized carbons (Fsp3) is 1.00. The first-order valence-electron chi connectivity index (χ1n) is 12.1. The number of ether oxygens (including phenoxy) is 1. The maximum atomic E-state index is 15.1. The molecule has 1 nitrogen and oxygen atoms in total. The van der Waals surface area contributed by atoms with Gasteiger partial charge in [0.2, 0.25) is 0 Å². The number of halogens is 38. The number of hydrogen-bond acceptors (Lipinski definition) is 1. The Kier molecular flexibility index (Phi) is 11.2. The highest BCUT2D eigenvalue weighted by Gasteiger charge is 3.08. The average molecular weight is 966 g/mol. The highest BCUT2D eigenvalue weighted by Crippen LogP contribution is 2.76. The van der Waals surface area contributed by atoms with E-state index in [1.54, 1.807) is 0 Å². The minimum Gasteiger partial charge on any atom is -0.269 e. The Morgan fingerprint density at radius 1 is 0.241 bits per heavy atom. The summed E-state index contributed by atoms with van der Waals surface area (Å²) in [6, 6.07) is 0. The van der Waals surface area contributed by atoms with Crippen LogP contribution in [0.25, 0.3) is 0 Å². The van der Waals surface area contributed by atoms with E-state index in [0.29, 0.717) is 0 Å². The number of hydrogen-bond donors (Lipinski definition) is 0.